The highest BCUT2D eigenvalue weighted by Crippen LogP contribution is 2.04. The van der Waals surface area contributed by atoms with Gasteiger partial charge in [-0.2, -0.15) is 0 Å². The summed E-state index contributed by atoms with van der Waals surface area (Å²) in [7, 11) is 0. The molecule has 0 heterocycles. The number of hydrogen-bond donors (Lipinski definition) is 0. The lowest BCUT2D eigenvalue weighted by molar-refractivity contribution is -0.153. The molecule has 0 aromatic rings. The highest BCUT2D eigenvalue weighted by atomic mass is 16.5. The molecule has 3 heteroatoms. The van der Waals surface area contributed by atoms with Gasteiger partial charge in [0, 0.05) is 13.3 Å². The van der Waals surface area contributed by atoms with E-state index in [1.54, 1.807) is 0 Å². The number of Topliss-reactive ketones (excluding diaryl/α,β-unsaturated/α-hetero) is 1. The largest absolute Gasteiger partial charge is 0.455 e. The third-order valence-corrected chi connectivity index (χ3v) is 1.53. The van der Waals surface area contributed by atoms with Gasteiger partial charge in [0.25, 0.3) is 0 Å². The van der Waals surface area contributed by atoms with Crippen molar-refractivity contribution in [1.29, 1.82) is 0 Å². The zero-order valence-electron chi connectivity index (χ0n) is 7.92. The van der Waals surface area contributed by atoms with E-state index in [9.17, 15) is 9.59 Å². The van der Waals surface area contributed by atoms with E-state index >= 15 is 0 Å². The monoisotopic (exact) mass is 172 g/mol. The first-order valence-corrected chi connectivity index (χ1v) is 4.31. The molecular weight excluding hydrogens is 156 g/mol. The van der Waals surface area contributed by atoms with Crippen molar-refractivity contribution >= 4 is 11.8 Å². The van der Waals surface area contributed by atoms with Crippen LogP contribution in [0.1, 0.15) is 40.0 Å². The highest BCUT2D eigenvalue weighted by Gasteiger charge is 2.17. The molecule has 0 aliphatic carbocycles. The van der Waals surface area contributed by atoms with Crippen molar-refractivity contribution in [2.75, 3.05) is 0 Å². The van der Waals surface area contributed by atoms with E-state index in [4.69, 9.17) is 4.74 Å². The quantitative estimate of drug-likeness (QED) is 0.593. The van der Waals surface area contributed by atoms with Crippen molar-refractivity contribution in [1.82, 2.24) is 0 Å². The van der Waals surface area contributed by atoms with Gasteiger partial charge in [-0.05, 0) is 12.8 Å². The second-order valence-electron chi connectivity index (χ2n) is 2.72. The molecule has 0 aliphatic heterocycles. The molecule has 0 spiro atoms. The maximum absolute atomic E-state index is 11.2. The van der Waals surface area contributed by atoms with Gasteiger partial charge in [-0.15, -0.1) is 0 Å². The van der Waals surface area contributed by atoms with Crippen molar-refractivity contribution in [3.8, 4) is 0 Å². The topological polar surface area (TPSA) is 43.4 Å². The summed E-state index contributed by atoms with van der Waals surface area (Å²) in [5.41, 5.74) is 0. The molecule has 70 valence electrons. The molecule has 0 aliphatic rings. The van der Waals surface area contributed by atoms with Crippen molar-refractivity contribution in [3.05, 3.63) is 0 Å². The lowest BCUT2D eigenvalue weighted by Crippen LogP contribution is -2.25. The summed E-state index contributed by atoms with van der Waals surface area (Å²) in [5.74, 6) is -0.360. The van der Waals surface area contributed by atoms with E-state index < -0.39 is 6.10 Å². The Hall–Kier alpha value is -0.860. The van der Waals surface area contributed by atoms with Gasteiger partial charge in [0.2, 0.25) is 0 Å². The molecule has 0 N–H and O–H groups in total. The molecule has 0 aromatic carbocycles. The Morgan fingerprint density at radius 1 is 1.33 bits per heavy atom. The molecule has 0 fully saturated rings. The van der Waals surface area contributed by atoms with Crippen LogP contribution in [-0.4, -0.2) is 17.9 Å². The summed E-state index contributed by atoms with van der Waals surface area (Å²) in [6, 6.07) is 0. The Morgan fingerprint density at radius 3 is 2.25 bits per heavy atom. The molecular formula is C9H16O3. The number of ether oxygens (including phenoxy) is 1. The van der Waals surface area contributed by atoms with E-state index in [-0.39, 0.29) is 11.8 Å². The second-order valence-corrected chi connectivity index (χ2v) is 2.72. The maximum Gasteiger partial charge on any atom is 0.303 e. The fourth-order valence-electron chi connectivity index (χ4n) is 0.984. The van der Waals surface area contributed by atoms with Gasteiger partial charge >= 0.3 is 5.97 Å². The van der Waals surface area contributed by atoms with Crippen LogP contribution in [0.2, 0.25) is 0 Å². The predicted octanol–water partition coefficient (Wildman–Crippen LogP) is 1.70. The summed E-state index contributed by atoms with van der Waals surface area (Å²) < 4.78 is 4.83. The number of ketones is 1. The normalized spacial score (nSPS) is 12.2. The Balaban J connectivity index is 3.96. The summed E-state index contributed by atoms with van der Waals surface area (Å²) >= 11 is 0. The number of rotatable bonds is 5. The van der Waals surface area contributed by atoms with E-state index in [1.165, 1.54) is 6.92 Å². The standard InChI is InChI=1S/C9H16O3/c1-4-6-8(11)9(5-2)12-7(3)10/h9H,4-6H2,1-3H3. The third-order valence-electron chi connectivity index (χ3n) is 1.53. The third kappa shape index (κ3) is 4.11. The molecule has 1 unspecified atom stereocenters. The number of esters is 1. The minimum absolute atomic E-state index is 0.0233. The summed E-state index contributed by atoms with van der Waals surface area (Å²) in [4.78, 5) is 21.8. The van der Waals surface area contributed by atoms with Crippen LogP contribution in [0.15, 0.2) is 0 Å². The van der Waals surface area contributed by atoms with E-state index in [0.29, 0.717) is 12.8 Å². The summed E-state index contributed by atoms with van der Waals surface area (Å²) in [6.07, 6.45) is 1.34. The first-order chi connectivity index (χ1) is 5.61. The van der Waals surface area contributed by atoms with E-state index in [1.807, 2.05) is 13.8 Å². The smallest absolute Gasteiger partial charge is 0.303 e. The second kappa shape index (κ2) is 5.75. The Bertz CT molecular complexity index is 163. The van der Waals surface area contributed by atoms with Gasteiger partial charge in [-0.3, -0.25) is 9.59 Å². The van der Waals surface area contributed by atoms with Gasteiger partial charge in [-0.25, -0.2) is 0 Å². The van der Waals surface area contributed by atoms with Gasteiger partial charge in [-0.1, -0.05) is 13.8 Å². The number of carbonyl (C=O) groups excluding carboxylic acids is 2. The summed E-state index contributed by atoms with van der Waals surface area (Å²) in [6.45, 7) is 5.08. The first-order valence-electron chi connectivity index (χ1n) is 4.31. The van der Waals surface area contributed by atoms with Crippen LogP contribution in [0.5, 0.6) is 0 Å². The fourth-order valence-corrected chi connectivity index (χ4v) is 0.984. The van der Waals surface area contributed by atoms with Crippen LogP contribution in [0.25, 0.3) is 0 Å². The number of carbonyl (C=O) groups is 2. The molecule has 0 saturated carbocycles. The van der Waals surface area contributed by atoms with Crippen LogP contribution in [0.3, 0.4) is 0 Å². The lowest BCUT2D eigenvalue weighted by atomic mass is 10.1. The maximum atomic E-state index is 11.2. The highest BCUT2D eigenvalue weighted by molar-refractivity contribution is 5.85. The Labute approximate surface area is 73.1 Å². The zero-order chi connectivity index (χ0) is 9.56. The van der Waals surface area contributed by atoms with E-state index in [2.05, 4.69) is 0 Å². The zero-order valence-corrected chi connectivity index (χ0v) is 7.92. The molecule has 0 bridgehead atoms. The Morgan fingerprint density at radius 2 is 1.92 bits per heavy atom. The minimum atomic E-state index is -0.526. The molecule has 0 rings (SSSR count). The van der Waals surface area contributed by atoms with Gasteiger partial charge in [0.05, 0.1) is 0 Å². The van der Waals surface area contributed by atoms with Crippen LogP contribution in [0, 0.1) is 0 Å². The lowest BCUT2D eigenvalue weighted by Gasteiger charge is -2.12. The molecule has 3 nitrogen and oxygen atoms in total. The van der Waals surface area contributed by atoms with Gasteiger partial charge in [0.1, 0.15) is 0 Å². The van der Waals surface area contributed by atoms with Crippen molar-refractivity contribution in [2.45, 2.75) is 46.1 Å². The van der Waals surface area contributed by atoms with Gasteiger partial charge in [0.15, 0.2) is 11.9 Å². The SMILES string of the molecule is CCCC(=O)C(CC)OC(C)=O. The van der Waals surface area contributed by atoms with Crippen molar-refractivity contribution < 1.29 is 14.3 Å². The average Bonchev–Trinajstić information content (AvgIpc) is 2.00. The molecule has 1 atom stereocenters. The average molecular weight is 172 g/mol. The molecule has 0 radical (unpaired) electrons. The van der Waals surface area contributed by atoms with Crippen LogP contribution in [0.4, 0.5) is 0 Å². The molecule has 0 aromatic heterocycles. The first kappa shape index (κ1) is 11.1. The van der Waals surface area contributed by atoms with Crippen LogP contribution >= 0.6 is 0 Å². The predicted molar refractivity (Wildman–Crippen MR) is 45.8 cm³/mol. The summed E-state index contributed by atoms with van der Waals surface area (Å²) in [5, 5.41) is 0. The minimum Gasteiger partial charge on any atom is -0.455 e. The van der Waals surface area contributed by atoms with Gasteiger partial charge < -0.3 is 4.74 Å². The van der Waals surface area contributed by atoms with Crippen molar-refractivity contribution in [3.63, 3.8) is 0 Å². The van der Waals surface area contributed by atoms with Crippen LogP contribution < -0.4 is 0 Å². The molecule has 0 amide bonds. The van der Waals surface area contributed by atoms with Crippen LogP contribution in [-0.2, 0) is 14.3 Å². The Kier molecular flexibility index (Phi) is 5.34. The molecule has 12 heavy (non-hydrogen) atoms. The molecule has 0 saturated heterocycles. The number of hydrogen-bond acceptors (Lipinski definition) is 3. The van der Waals surface area contributed by atoms with E-state index in [0.717, 1.165) is 6.42 Å². The van der Waals surface area contributed by atoms with Crippen molar-refractivity contribution in [2.24, 2.45) is 0 Å². The fraction of sp³-hybridized carbons (Fsp3) is 0.778.